The SMILES string of the molecule is COc1cc2c(cc1O)[C@@H]1Cc3cc(CC(C)C)sc3CN1CC2. The third-order valence-corrected chi connectivity index (χ3v) is 6.41. The van der Waals surface area contributed by atoms with Gasteiger partial charge in [0.1, 0.15) is 0 Å². The number of rotatable bonds is 3. The fourth-order valence-electron chi connectivity index (χ4n) is 4.09. The first-order chi connectivity index (χ1) is 11.5. The molecule has 2 aromatic rings. The zero-order valence-electron chi connectivity index (χ0n) is 14.6. The molecule has 0 amide bonds. The van der Waals surface area contributed by atoms with Crippen LogP contribution in [-0.4, -0.2) is 23.7 Å². The molecule has 1 aromatic carbocycles. The van der Waals surface area contributed by atoms with E-state index < -0.39 is 0 Å². The highest BCUT2D eigenvalue weighted by Crippen LogP contribution is 2.43. The van der Waals surface area contributed by atoms with Crippen molar-refractivity contribution in [3.63, 3.8) is 0 Å². The van der Waals surface area contributed by atoms with Gasteiger partial charge in [0.15, 0.2) is 11.5 Å². The number of phenolic OH excluding ortho intramolecular Hbond substituents is 1. The van der Waals surface area contributed by atoms with Crippen molar-refractivity contribution in [2.45, 2.75) is 45.7 Å². The average molecular weight is 343 g/mol. The van der Waals surface area contributed by atoms with Gasteiger partial charge in [-0.2, -0.15) is 0 Å². The Bertz CT molecular complexity index is 765. The summed E-state index contributed by atoms with van der Waals surface area (Å²) in [5, 5.41) is 10.2. The Morgan fingerprint density at radius 3 is 2.88 bits per heavy atom. The minimum Gasteiger partial charge on any atom is -0.504 e. The van der Waals surface area contributed by atoms with E-state index >= 15 is 0 Å². The monoisotopic (exact) mass is 343 g/mol. The average Bonchev–Trinajstić information content (AvgIpc) is 2.92. The van der Waals surface area contributed by atoms with Crippen LogP contribution in [0.5, 0.6) is 11.5 Å². The number of aromatic hydroxyl groups is 1. The number of methoxy groups -OCH3 is 1. The van der Waals surface area contributed by atoms with Crippen LogP contribution >= 0.6 is 11.3 Å². The van der Waals surface area contributed by atoms with Crippen molar-refractivity contribution >= 4 is 11.3 Å². The number of hydrogen-bond donors (Lipinski definition) is 1. The van der Waals surface area contributed by atoms with E-state index in [1.807, 2.05) is 23.5 Å². The van der Waals surface area contributed by atoms with Crippen LogP contribution in [0.4, 0.5) is 0 Å². The lowest BCUT2D eigenvalue weighted by molar-refractivity contribution is 0.163. The second kappa shape index (κ2) is 6.08. The van der Waals surface area contributed by atoms with E-state index in [-0.39, 0.29) is 5.75 Å². The molecule has 128 valence electrons. The van der Waals surface area contributed by atoms with Crippen molar-refractivity contribution in [2.75, 3.05) is 13.7 Å². The van der Waals surface area contributed by atoms with Crippen molar-refractivity contribution in [3.05, 3.63) is 44.6 Å². The Morgan fingerprint density at radius 2 is 2.12 bits per heavy atom. The summed E-state index contributed by atoms with van der Waals surface area (Å²) < 4.78 is 5.28. The smallest absolute Gasteiger partial charge is 0.160 e. The van der Waals surface area contributed by atoms with Gasteiger partial charge in [-0.3, -0.25) is 4.90 Å². The van der Waals surface area contributed by atoms with E-state index in [2.05, 4.69) is 24.8 Å². The fourth-order valence-corrected chi connectivity index (χ4v) is 5.53. The van der Waals surface area contributed by atoms with Gasteiger partial charge < -0.3 is 9.84 Å². The van der Waals surface area contributed by atoms with Gasteiger partial charge >= 0.3 is 0 Å². The minimum absolute atomic E-state index is 0.259. The molecule has 3 heterocycles. The molecule has 0 spiro atoms. The van der Waals surface area contributed by atoms with Gasteiger partial charge in [0.2, 0.25) is 0 Å². The highest BCUT2D eigenvalue weighted by atomic mass is 32.1. The van der Waals surface area contributed by atoms with Gasteiger partial charge in [0.05, 0.1) is 7.11 Å². The van der Waals surface area contributed by atoms with E-state index in [9.17, 15) is 5.11 Å². The van der Waals surface area contributed by atoms with Crippen LogP contribution in [0, 0.1) is 5.92 Å². The first-order valence-electron chi connectivity index (χ1n) is 8.79. The zero-order valence-corrected chi connectivity index (χ0v) is 15.4. The Morgan fingerprint density at radius 1 is 1.29 bits per heavy atom. The number of ether oxygens (including phenoxy) is 1. The van der Waals surface area contributed by atoms with Gasteiger partial charge in [0.25, 0.3) is 0 Å². The Kier molecular flexibility index (Phi) is 4.05. The predicted molar refractivity (Wildman–Crippen MR) is 98.1 cm³/mol. The quantitative estimate of drug-likeness (QED) is 0.901. The van der Waals surface area contributed by atoms with Crippen molar-refractivity contribution in [1.82, 2.24) is 4.90 Å². The predicted octanol–water partition coefficient (Wildman–Crippen LogP) is 4.32. The molecule has 1 atom stereocenters. The molecule has 2 aliphatic rings. The molecular formula is C20H25NO2S. The summed E-state index contributed by atoms with van der Waals surface area (Å²) in [7, 11) is 1.62. The second-order valence-corrected chi connectivity index (χ2v) is 8.64. The maximum absolute atomic E-state index is 10.2. The molecule has 0 aliphatic carbocycles. The normalized spacial score (nSPS) is 19.8. The first-order valence-corrected chi connectivity index (χ1v) is 9.61. The van der Waals surface area contributed by atoms with E-state index in [0.29, 0.717) is 17.7 Å². The molecule has 24 heavy (non-hydrogen) atoms. The highest BCUT2D eigenvalue weighted by molar-refractivity contribution is 7.12. The molecule has 0 saturated carbocycles. The van der Waals surface area contributed by atoms with Crippen LogP contribution in [0.1, 0.15) is 46.3 Å². The number of hydrogen-bond acceptors (Lipinski definition) is 4. The largest absolute Gasteiger partial charge is 0.504 e. The molecular weight excluding hydrogens is 318 g/mol. The second-order valence-electron chi connectivity index (χ2n) is 7.42. The molecule has 2 aliphatic heterocycles. The lowest BCUT2D eigenvalue weighted by Gasteiger charge is -2.40. The number of thiophene rings is 1. The fraction of sp³-hybridized carbons (Fsp3) is 0.500. The van der Waals surface area contributed by atoms with Crippen LogP contribution < -0.4 is 4.74 Å². The highest BCUT2D eigenvalue weighted by Gasteiger charge is 2.33. The Balaban J connectivity index is 1.67. The molecule has 4 heteroatoms. The molecule has 1 N–H and O–H groups in total. The summed E-state index contributed by atoms with van der Waals surface area (Å²) in [5.74, 6) is 1.56. The minimum atomic E-state index is 0.259. The van der Waals surface area contributed by atoms with Crippen molar-refractivity contribution in [3.8, 4) is 11.5 Å². The zero-order chi connectivity index (χ0) is 16.8. The molecule has 0 radical (unpaired) electrons. The van der Waals surface area contributed by atoms with Crippen molar-refractivity contribution in [1.29, 1.82) is 0 Å². The number of phenols is 1. The maximum atomic E-state index is 10.2. The van der Waals surface area contributed by atoms with Crippen molar-refractivity contribution in [2.24, 2.45) is 5.92 Å². The van der Waals surface area contributed by atoms with Crippen LogP contribution in [0.15, 0.2) is 18.2 Å². The van der Waals surface area contributed by atoms with Gasteiger partial charge in [-0.05, 0) is 60.1 Å². The molecule has 3 nitrogen and oxygen atoms in total. The lowest BCUT2D eigenvalue weighted by Crippen LogP contribution is -2.38. The van der Waals surface area contributed by atoms with Crippen LogP contribution in [-0.2, 0) is 25.8 Å². The molecule has 4 rings (SSSR count). The van der Waals surface area contributed by atoms with Crippen LogP contribution in [0.2, 0.25) is 0 Å². The summed E-state index contributed by atoms with van der Waals surface area (Å²) in [6.07, 6.45) is 3.27. The van der Waals surface area contributed by atoms with Gasteiger partial charge in [0, 0.05) is 28.9 Å². The summed E-state index contributed by atoms with van der Waals surface area (Å²) in [4.78, 5) is 5.64. The third kappa shape index (κ3) is 2.72. The molecule has 0 bridgehead atoms. The summed E-state index contributed by atoms with van der Waals surface area (Å²) >= 11 is 2.00. The maximum Gasteiger partial charge on any atom is 0.160 e. The van der Waals surface area contributed by atoms with E-state index in [4.69, 9.17) is 4.74 Å². The summed E-state index contributed by atoms with van der Waals surface area (Å²) in [6.45, 7) is 6.71. The number of fused-ring (bicyclic) bond motifs is 4. The number of nitrogens with zero attached hydrogens (tertiary/aromatic N) is 1. The first kappa shape index (κ1) is 16.0. The van der Waals surface area contributed by atoms with Crippen LogP contribution in [0.3, 0.4) is 0 Å². The number of benzene rings is 1. The summed E-state index contributed by atoms with van der Waals surface area (Å²) in [6, 6.07) is 6.77. The van der Waals surface area contributed by atoms with E-state index in [1.54, 1.807) is 12.0 Å². The van der Waals surface area contributed by atoms with Crippen molar-refractivity contribution < 1.29 is 9.84 Å². The molecule has 0 fully saturated rings. The third-order valence-electron chi connectivity index (χ3n) is 5.23. The molecule has 0 saturated heterocycles. The summed E-state index contributed by atoms with van der Waals surface area (Å²) in [5.41, 5.74) is 4.12. The Labute approximate surface area is 147 Å². The molecule has 0 unspecified atom stereocenters. The van der Waals surface area contributed by atoms with E-state index in [0.717, 1.165) is 25.9 Å². The molecule has 1 aromatic heterocycles. The van der Waals surface area contributed by atoms with Crippen LogP contribution in [0.25, 0.3) is 0 Å². The van der Waals surface area contributed by atoms with Gasteiger partial charge in [-0.15, -0.1) is 11.3 Å². The van der Waals surface area contributed by atoms with Gasteiger partial charge in [-0.1, -0.05) is 13.8 Å². The lowest BCUT2D eigenvalue weighted by atomic mass is 9.86. The Hall–Kier alpha value is -1.52. The van der Waals surface area contributed by atoms with Gasteiger partial charge in [-0.25, -0.2) is 0 Å². The van der Waals surface area contributed by atoms with E-state index in [1.165, 1.54) is 28.0 Å². The topological polar surface area (TPSA) is 32.7 Å². The standard InChI is InChI=1S/C20H25NO2S/c1-12(2)6-15-7-14-8-17-16-10-18(22)19(23-3)9-13(16)4-5-21(17)11-20(14)24-15/h7,9-10,12,17,22H,4-6,8,11H2,1-3H3/t17-/m0/s1.